The van der Waals surface area contributed by atoms with Crippen molar-refractivity contribution in [2.75, 3.05) is 0 Å². The van der Waals surface area contributed by atoms with Gasteiger partial charge in [-0.3, -0.25) is 0 Å². The highest BCUT2D eigenvalue weighted by atomic mass is 16.3. The standard InChI is InChI=1S/C15H17NO/c1-11-14(10-16-12-6-2-3-7-12)13-8-4-5-9-15(13)17-11/h2-5,8-9,12,16H,6-7,10H2,1H3. The van der Waals surface area contributed by atoms with E-state index in [-0.39, 0.29) is 0 Å². The average Bonchev–Trinajstić information content (AvgIpc) is 2.93. The molecule has 1 N–H and O–H groups in total. The van der Waals surface area contributed by atoms with E-state index >= 15 is 0 Å². The van der Waals surface area contributed by atoms with Gasteiger partial charge in [0.2, 0.25) is 0 Å². The molecule has 88 valence electrons. The first kappa shape index (κ1) is 10.6. The van der Waals surface area contributed by atoms with Crippen LogP contribution in [0.4, 0.5) is 0 Å². The molecule has 1 aliphatic carbocycles. The summed E-state index contributed by atoms with van der Waals surface area (Å²) >= 11 is 0. The van der Waals surface area contributed by atoms with E-state index in [2.05, 4.69) is 29.6 Å². The van der Waals surface area contributed by atoms with Gasteiger partial charge in [-0.05, 0) is 25.8 Å². The number of rotatable bonds is 3. The van der Waals surface area contributed by atoms with Crippen LogP contribution in [-0.2, 0) is 6.54 Å². The number of para-hydroxylation sites is 1. The normalized spacial score (nSPS) is 16.1. The maximum absolute atomic E-state index is 5.76. The molecule has 0 radical (unpaired) electrons. The Kier molecular flexibility index (Phi) is 2.73. The largest absolute Gasteiger partial charge is 0.461 e. The van der Waals surface area contributed by atoms with E-state index in [4.69, 9.17) is 4.42 Å². The minimum Gasteiger partial charge on any atom is -0.461 e. The third-order valence-corrected chi connectivity index (χ3v) is 3.48. The molecule has 0 saturated heterocycles. The van der Waals surface area contributed by atoms with Crippen molar-refractivity contribution < 1.29 is 4.42 Å². The zero-order valence-electron chi connectivity index (χ0n) is 10.1. The van der Waals surface area contributed by atoms with E-state index in [0.29, 0.717) is 6.04 Å². The lowest BCUT2D eigenvalue weighted by Gasteiger charge is -2.11. The van der Waals surface area contributed by atoms with Gasteiger partial charge in [0.1, 0.15) is 11.3 Å². The number of hydrogen-bond acceptors (Lipinski definition) is 2. The van der Waals surface area contributed by atoms with E-state index in [1.807, 2.05) is 19.1 Å². The van der Waals surface area contributed by atoms with Gasteiger partial charge < -0.3 is 9.73 Å². The molecule has 0 amide bonds. The molecular weight excluding hydrogens is 210 g/mol. The van der Waals surface area contributed by atoms with E-state index < -0.39 is 0 Å². The lowest BCUT2D eigenvalue weighted by Crippen LogP contribution is -2.25. The number of furan rings is 1. The minimum absolute atomic E-state index is 0.600. The average molecular weight is 227 g/mol. The number of benzene rings is 1. The summed E-state index contributed by atoms with van der Waals surface area (Å²) in [6, 6.07) is 8.85. The van der Waals surface area contributed by atoms with Crippen LogP contribution in [0.3, 0.4) is 0 Å². The quantitative estimate of drug-likeness (QED) is 0.811. The van der Waals surface area contributed by atoms with Crippen LogP contribution in [0.2, 0.25) is 0 Å². The van der Waals surface area contributed by atoms with Crippen LogP contribution in [0.15, 0.2) is 40.8 Å². The van der Waals surface area contributed by atoms with Crippen LogP contribution in [-0.4, -0.2) is 6.04 Å². The summed E-state index contributed by atoms with van der Waals surface area (Å²) in [6.07, 6.45) is 6.79. The monoisotopic (exact) mass is 227 g/mol. The van der Waals surface area contributed by atoms with E-state index in [1.54, 1.807) is 0 Å². The molecule has 0 spiro atoms. The summed E-state index contributed by atoms with van der Waals surface area (Å²) in [7, 11) is 0. The Labute approximate surface area is 101 Å². The molecule has 2 nitrogen and oxygen atoms in total. The fraction of sp³-hybridized carbons (Fsp3) is 0.333. The van der Waals surface area contributed by atoms with Gasteiger partial charge in [-0.15, -0.1) is 0 Å². The maximum Gasteiger partial charge on any atom is 0.134 e. The van der Waals surface area contributed by atoms with Gasteiger partial charge in [0.25, 0.3) is 0 Å². The van der Waals surface area contributed by atoms with E-state index in [1.165, 1.54) is 10.9 Å². The summed E-state index contributed by atoms with van der Waals surface area (Å²) < 4.78 is 5.76. The maximum atomic E-state index is 5.76. The minimum atomic E-state index is 0.600. The first-order valence-electron chi connectivity index (χ1n) is 6.20. The fourth-order valence-electron chi connectivity index (χ4n) is 2.47. The molecule has 2 aromatic rings. The number of hydrogen-bond donors (Lipinski definition) is 1. The molecule has 1 aromatic carbocycles. The Morgan fingerprint density at radius 1 is 1.24 bits per heavy atom. The van der Waals surface area contributed by atoms with Crippen molar-refractivity contribution in [2.45, 2.75) is 32.4 Å². The lowest BCUT2D eigenvalue weighted by atomic mass is 10.1. The van der Waals surface area contributed by atoms with E-state index in [0.717, 1.165) is 30.7 Å². The van der Waals surface area contributed by atoms with Crippen molar-refractivity contribution in [3.8, 4) is 0 Å². The van der Waals surface area contributed by atoms with Gasteiger partial charge in [-0.2, -0.15) is 0 Å². The molecule has 2 heteroatoms. The smallest absolute Gasteiger partial charge is 0.134 e. The first-order chi connectivity index (χ1) is 8.34. The van der Waals surface area contributed by atoms with Crippen molar-refractivity contribution in [1.29, 1.82) is 0 Å². The second-order valence-electron chi connectivity index (χ2n) is 4.65. The summed E-state index contributed by atoms with van der Waals surface area (Å²) in [5, 5.41) is 4.83. The lowest BCUT2D eigenvalue weighted by molar-refractivity contribution is 0.524. The Balaban J connectivity index is 1.81. The third kappa shape index (κ3) is 2.01. The van der Waals surface area contributed by atoms with Gasteiger partial charge >= 0.3 is 0 Å². The zero-order valence-corrected chi connectivity index (χ0v) is 10.1. The first-order valence-corrected chi connectivity index (χ1v) is 6.20. The van der Waals surface area contributed by atoms with Crippen LogP contribution in [0.5, 0.6) is 0 Å². The van der Waals surface area contributed by atoms with Gasteiger partial charge in [0.15, 0.2) is 0 Å². The summed E-state index contributed by atoms with van der Waals surface area (Å²) in [5.74, 6) is 1.03. The summed E-state index contributed by atoms with van der Waals surface area (Å²) in [4.78, 5) is 0. The molecule has 1 heterocycles. The van der Waals surface area contributed by atoms with Crippen molar-refractivity contribution in [2.24, 2.45) is 0 Å². The van der Waals surface area contributed by atoms with Gasteiger partial charge in [0.05, 0.1) is 0 Å². The van der Waals surface area contributed by atoms with Gasteiger partial charge in [0, 0.05) is 23.5 Å². The molecule has 0 aliphatic heterocycles. The van der Waals surface area contributed by atoms with Crippen LogP contribution in [0.1, 0.15) is 24.2 Å². The zero-order chi connectivity index (χ0) is 11.7. The molecule has 3 rings (SSSR count). The van der Waals surface area contributed by atoms with Crippen LogP contribution < -0.4 is 5.32 Å². The molecule has 0 unspecified atom stereocenters. The van der Waals surface area contributed by atoms with Crippen LogP contribution in [0, 0.1) is 6.92 Å². The second kappa shape index (κ2) is 4.38. The van der Waals surface area contributed by atoms with Crippen LogP contribution >= 0.6 is 0 Å². The molecule has 17 heavy (non-hydrogen) atoms. The van der Waals surface area contributed by atoms with Gasteiger partial charge in [-0.25, -0.2) is 0 Å². The number of aryl methyl sites for hydroxylation is 1. The molecule has 0 fully saturated rings. The SMILES string of the molecule is Cc1oc2ccccc2c1CNC1CC=CC1. The number of nitrogens with one attached hydrogen (secondary N) is 1. The second-order valence-corrected chi connectivity index (χ2v) is 4.65. The highest BCUT2D eigenvalue weighted by Gasteiger charge is 2.13. The Morgan fingerprint density at radius 2 is 2.00 bits per heavy atom. The highest BCUT2D eigenvalue weighted by Crippen LogP contribution is 2.25. The molecular formula is C15H17NO. The summed E-state index contributed by atoms with van der Waals surface area (Å²) in [5.41, 5.74) is 2.29. The Morgan fingerprint density at radius 3 is 2.82 bits per heavy atom. The molecule has 1 aromatic heterocycles. The van der Waals surface area contributed by atoms with Gasteiger partial charge in [-0.1, -0.05) is 30.4 Å². The van der Waals surface area contributed by atoms with Crippen molar-refractivity contribution in [3.63, 3.8) is 0 Å². The molecule has 0 saturated carbocycles. The highest BCUT2D eigenvalue weighted by molar-refractivity contribution is 5.82. The Bertz CT molecular complexity index is 545. The van der Waals surface area contributed by atoms with Crippen molar-refractivity contribution in [1.82, 2.24) is 5.32 Å². The topological polar surface area (TPSA) is 25.2 Å². The third-order valence-electron chi connectivity index (χ3n) is 3.48. The fourth-order valence-corrected chi connectivity index (χ4v) is 2.47. The molecule has 0 bridgehead atoms. The van der Waals surface area contributed by atoms with Crippen LogP contribution in [0.25, 0.3) is 11.0 Å². The molecule has 1 aliphatic rings. The van der Waals surface area contributed by atoms with Crippen molar-refractivity contribution >= 4 is 11.0 Å². The Hall–Kier alpha value is -1.54. The van der Waals surface area contributed by atoms with E-state index in [9.17, 15) is 0 Å². The van der Waals surface area contributed by atoms with Crippen molar-refractivity contribution in [3.05, 3.63) is 47.7 Å². The predicted octanol–water partition coefficient (Wildman–Crippen LogP) is 3.55. The molecule has 0 atom stereocenters. The number of fused-ring (bicyclic) bond motifs is 1. The predicted molar refractivity (Wildman–Crippen MR) is 70.0 cm³/mol. The summed E-state index contributed by atoms with van der Waals surface area (Å²) in [6.45, 7) is 2.94.